The second kappa shape index (κ2) is 6.85. The van der Waals surface area contributed by atoms with Crippen LogP contribution in [0.4, 0.5) is 0 Å². The maximum atomic E-state index is 4.28. The maximum absolute atomic E-state index is 4.28. The number of aromatic nitrogens is 2. The van der Waals surface area contributed by atoms with Crippen LogP contribution in [0.1, 0.15) is 17.5 Å². The Morgan fingerprint density at radius 1 is 1.08 bits per heavy atom. The molecule has 0 fully saturated rings. The highest BCUT2D eigenvalue weighted by Crippen LogP contribution is 2.18. The van der Waals surface area contributed by atoms with Gasteiger partial charge in [0, 0.05) is 19.6 Å². The van der Waals surface area contributed by atoms with Gasteiger partial charge in [0.2, 0.25) is 0 Å². The van der Waals surface area contributed by atoms with E-state index in [1.54, 1.807) is 6.33 Å². The lowest BCUT2D eigenvalue weighted by Gasteiger charge is -2.25. The number of allylic oxidation sites excluding steroid dienone is 1. The van der Waals surface area contributed by atoms with Gasteiger partial charge >= 0.3 is 0 Å². The Balaban J connectivity index is 1.38. The van der Waals surface area contributed by atoms with Gasteiger partial charge in [0.05, 0.1) is 17.4 Å². The molecule has 0 amide bonds. The predicted octanol–water partition coefficient (Wildman–Crippen LogP) is 4.41. The lowest BCUT2D eigenvalue weighted by molar-refractivity contribution is 0.287. The molecule has 0 unspecified atom stereocenters. The van der Waals surface area contributed by atoms with Crippen LogP contribution in [0.3, 0.4) is 0 Å². The first kappa shape index (κ1) is 14.9. The second-order valence-corrected chi connectivity index (χ2v) is 6.26. The number of benzene rings is 2. The molecule has 0 saturated heterocycles. The summed E-state index contributed by atoms with van der Waals surface area (Å²) in [5.74, 6) is 0. The van der Waals surface area contributed by atoms with Gasteiger partial charge in [-0.2, -0.15) is 0 Å². The highest BCUT2D eigenvalue weighted by Gasteiger charge is 2.11. The summed E-state index contributed by atoms with van der Waals surface area (Å²) in [7, 11) is 0. The van der Waals surface area contributed by atoms with Crippen LogP contribution < -0.4 is 0 Å². The number of nitrogens with zero attached hydrogens (tertiary/aromatic N) is 2. The van der Waals surface area contributed by atoms with Gasteiger partial charge in [-0.3, -0.25) is 4.90 Å². The van der Waals surface area contributed by atoms with E-state index in [1.165, 1.54) is 16.7 Å². The Morgan fingerprint density at radius 3 is 2.83 bits per heavy atom. The van der Waals surface area contributed by atoms with Gasteiger partial charge in [-0.05, 0) is 35.3 Å². The van der Waals surface area contributed by atoms with Crippen LogP contribution in [0.5, 0.6) is 0 Å². The summed E-state index contributed by atoms with van der Waals surface area (Å²) in [5.41, 5.74) is 6.17. The molecule has 0 saturated carbocycles. The van der Waals surface area contributed by atoms with Gasteiger partial charge in [0.1, 0.15) is 0 Å². The van der Waals surface area contributed by atoms with E-state index < -0.39 is 0 Å². The molecule has 1 aromatic heterocycles. The van der Waals surface area contributed by atoms with Crippen molar-refractivity contribution in [2.45, 2.75) is 13.0 Å². The van der Waals surface area contributed by atoms with Gasteiger partial charge < -0.3 is 4.98 Å². The lowest BCUT2D eigenvalue weighted by atomic mass is 10.1. The zero-order valence-corrected chi connectivity index (χ0v) is 13.7. The summed E-state index contributed by atoms with van der Waals surface area (Å²) >= 11 is 0. The molecule has 3 nitrogen and oxygen atoms in total. The minimum atomic E-state index is 0.987. The van der Waals surface area contributed by atoms with Crippen LogP contribution in [0.15, 0.2) is 72.6 Å². The van der Waals surface area contributed by atoms with Crippen LogP contribution in [0.25, 0.3) is 17.1 Å². The second-order valence-electron chi connectivity index (χ2n) is 6.26. The third kappa shape index (κ3) is 3.47. The largest absolute Gasteiger partial charge is 0.345 e. The molecule has 1 aliphatic heterocycles. The number of aromatic amines is 1. The Morgan fingerprint density at radius 2 is 2.00 bits per heavy atom. The van der Waals surface area contributed by atoms with Gasteiger partial charge in [0.15, 0.2) is 0 Å². The average Bonchev–Trinajstić information content (AvgIpc) is 3.10. The van der Waals surface area contributed by atoms with Crippen molar-refractivity contribution >= 4 is 17.1 Å². The van der Waals surface area contributed by atoms with Crippen LogP contribution in [-0.4, -0.2) is 28.0 Å². The van der Waals surface area contributed by atoms with Crippen LogP contribution in [-0.2, 0) is 6.54 Å². The normalized spacial score (nSPS) is 15.9. The smallest absolute Gasteiger partial charge is 0.0931 e. The number of H-pyrrole nitrogens is 1. The third-order valence-electron chi connectivity index (χ3n) is 4.51. The number of hydrogen-bond acceptors (Lipinski definition) is 2. The summed E-state index contributed by atoms with van der Waals surface area (Å²) in [5, 5.41) is 0. The van der Waals surface area contributed by atoms with E-state index in [1.807, 2.05) is 0 Å². The zero-order chi connectivity index (χ0) is 16.2. The minimum Gasteiger partial charge on any atom is -0.345 e. The molecule has 0 radical (unpaired) electrons. The van der Waals surface area contributed by atoms with Crippen molar-refractivity contribution in [1.29, 1.82) is 0 Å². The van der Waals surface area contributed by atoms with E-state index in [-0.39, 0.29) is 0 Å². The topological polar surface area (TPSA) is 31.9 Å². The first-order valence-electron chi connectivity index (χ1n) is 8.43. The molecule has 0 aliphatic carbocycles. The van der Waals surface area contributed by atoms with Crippen molar-refractivity contribution in [1.82, 2.24) is 14.9 Å². The molecule has 0 spiro atoms. The Labute approximate surface area is 142 Å². The molecule has 1 N–H and O–H groups in total. The third-order valence-corrected chi connectivity index (χ3v) is 4.51. The average molecular weight is 315 g/mol. The summed E-state index contributed by atoms with van der Waals surface area (Å²) in [6, 6.07) is 17.0. The molecular formula is C21H21N3. The van der Waals surface area contributed by atoms with Crippen LogP contribution >= 0.6 is 0 Å². The monoisotopic (exact) mass is 315 g/mol. The molecule has 0 bridgehead atoms. The van der Waals surface area contributed by atoms with E-state index in [0.717, 1.165) is 37.1 Å². The van der Waals surface area contributed by atoms with E-state index in [0.29, 0.717) is 0 Å². The number of rotatable bonds is 4. The summed E-state index contributed by atoms with van der Waals surface area (Å²) < 4.78 is 0. The van der Waals surface area contributed by atoms with Crippen LogP contribution in [0.2, 0.25) is 0 Å². The first-order valence-corrected chi connectivity index (χ1v) is 8.43. The molecule has 3 aromatic rings. The van der Waals surface area contributed by atoms with Gasteiger partial charge in [0.25, 0.3) is 0 Å². The fraction of sp³-hybridized carbons (Fsp3) is 0.190. The molecule has 1 aliphatic rings. The molecule has 24 heavy (non-hydrogen) atoms. The van der Waals surface area contributed by atoms with E-state index in [9.17, 15) is 0 Å². The molecule has 3 heteroatoms. The Hall–Kier alpha value is -2.65. The number of imidazole rings is 1. The molecular weight excluding hydrogens is 294 g/mol. The summed E-state index contributed by atoms with van der Waals surface area (Å²) in [4.78, 5) is 9.95. The van der Waals surface area contributed by atoms with Gasteiger partial charge in [-0.15, -0.1) is 0 Å². The van der Waals surface area contributed by atoms with Crippen molar-refractivity contribution in [3.8, 4) is 0 Å². The predicted molar refractivity (Wildman–Crippen MR) is 99.5 cm³/mol. The highest BCUT2D eigenvalue weighted by molar-refractivity contribution is 5.75. The van der Waals surface area contributed by atoms with Gasteiger partial charge in [-0.1, -0.05) is 54.6 Å². The highest BCUT2D eigenvalue weighted by atomic mass is 15.1. The summed E-state index contributed by atoms with van der Waals surface area (Å²) in [6.07, 6.45) is 9.66. The van der Waals surface area contributed by atoms with Crippen molar-refractivity contribution in [2.75, 3.05) is 13.1 Å². The maximum Gasteiger partial charge on any atom is 0.0931 e. The Kier molecular flexibility index (Phi) is 4.26. The molecule has 2 aromatic carbocycles. The molecule has 4 rings (SSSR count). The standard InChI is InChI=1S/C21H21N3/c1-2-4-17(5-3-1)6-7-18-10-12-24(13-11-18)15-19-8-9-20-21(14-19)23-16-22-20/h1-10,14,16H,11-13,15H2,(H,22,23)/b7-6+. The lowest BCUT2D eigenvalue weighted by Crippen LogP contribution is -2.28. The van der Waals surface area contributed by atoms with E-state index in [2.05, 4.69) is 81.6 Å². The molecule has 2 heterocycles. The zero-order valence-electron chi connectivity index (χ0n) is 13.7. The number of nitrogens with one attached hydrogen (secondary N) is 1. The first-order chi connectivity index (χ1) is 11.9. The molecule has 120 valence electrons. The van der Waals surface area contributed by atoms with Gasteiger partial charge in [-0.25, -0.2) is 4.98 Å². The van der Waals surface area contributed by atoms with E-state index in [4.69, 9.17) is 0 Å². The fourth-order valence-electron chi connectivity index (χ4n) is 3.13. The Bertz CT molecular complexity index is 874. The van der Waals surface area contributed by atoms with Crippen molar-refractivity contribution < 1.29 is 0 Å². The van der Waals surface area contributed by atoms with Crippen molar-refractivity contribution in [3.63, 3.8) is 0 Å². The molecule has 0 atom stereocenters. The number of fused-ring (bicyclic) bond motifs is 1. The SMILES string of the molecule is C1=C(/C=C/c2ccccc2)CCN(Cc2ccc3nc[nH]c3c2)C1. The van der Waals surface area contributed by atoms with Crippen molar-refractivity contribution in [2.24, 2.45) is 0 Å². The number of hydrogen-bond donors (Lipinski definition) is 1. The summed E-state index contributed by atoms with van der Waals surface area (Å²) in [6.45, 7) is 3.10. The minimum absolute atomic E-state index is 0.987. The van der Waals surface area contributed by atoms with Crippen LogP contribution in [0, 0.1) is 0 Å². The fourth-order valence-corrected chi connectivity index (χ4v) is 3.13. The van der Waals surface area contributed by atoms with Crippen molar-refractivity contribution in [3.05, 3.63) is 83.7 Å². The van der Waals surface area contributed by atoms with E-state index >= 15 is 0 Å². The quantitative estimate of drug-likeness (QED) is 0.773.